The Morgan fingerprint density at radius 2 is 1.79 bits per heavy atom. The minimum absolute atomic E-state index is 0.375. The molecule has 14 heavy (non-hydrogen) atoms. The van der Waals surface area contributed by atoms with E-state index in [-0.39, 0.29) is 5.82 Å². The zero-order valence-electron chi connectivity index (χ0n) is 7.15. The van der Waals surface area contributed by atoms with Crippen molar-refractivity contribution in [2.75, 3.05) is 5.75 Å². The van der Waals surface area contributed by atoms with Crippen LogP contribution in [0.5, 0.6) is 0 Å². The molecule has 2 nitrogen and oxygen atoms in total. The number of hydrogen-bond donors (Lipinski definition) is 0. The number of halogens is 2. The summed E-state index contributed by atoms with van der Waals surface area (Å²) in [6, 6.07) is 5.42. The van der Waals surface area contributed by atoms with Crippen molar-refractivity contribution < 1.29 is 16.7 Å². The lowest BCUT2D eigenvalue weighted by Gasteiger charge is -1.91. The number of benzene rings is 1. The molecule has 1 rings (SSSR count). The fourth-order valence-electron chi connectivity index (χ4n) is 0.873. The Balaban J connectivity index is 2.65. The largest absolute Gasteiger partial charge is 0.305 e. The average molecular weight is 218 g/mol. The summed E-state index contributed by atoms with van der Waals surface area (Å²) in [7, 11) is -4.46. The fourth-order valence-corrected chi connectivity index (χ4v) is 1.20. The second-order valence-corrected chi connectivity index (χ2v) is 4.07. The molecule has 0 aliphatic rings. The van der Waals surface area contributed by atoms with Crippen molar-refractivity contribution in [3.8, 4) is 0 Å². The molecule has 0 aliphatic carbocycles. The number of hydrogen-bond acceptors (Lipinski definition) is 2. The summed E-state index contributed by atoms with van der Waals surface area (Å²) >= 11 is 0. The first-order valence-electron chi connectivity index (χ1n) is 3.82. The summed E-state index contributed by atoms with van der Waals surface area (Å²) in [6.07, 6.45) is 2.58. The molecule has 0 saturated carbocycles. The molecule has 0 N–H and O–H groups in total. The molecule has 0 radical (unpaired) electrons. The van der Waals surface area contributed by atoms with Crippen molar-refractivity contribution in [2.24, 2.45) is 0 Å². The molecule has 0 aliphatic heterocycles. The van der Waals surface area contributed by atoms with Crippen LogP contribution in [0.2, 0.25) is 0 Å². The Labute approximate surface area is 81.1 Å². The third-order valence-corrected chi connectivity index (χ3v) is 2.07. The van der Waals surface area contributed by atoms with E-state index in [1.165, 1.54) is 36.4 Å². The van der Waals surface area contributed by atoms with Crippen molar-refractivity contribution in [3.05, 3.63) is 41.7 Å². The molecule has 0 aromatic heterocycles. The van der Waals surface area contributed by atoms with E-state index in [1.54, 1.807) is 0 Å². The van der Waals surface area contributed by atoms with Gasteiger partial charge in [-0.25, -0.2) is 4.39 Å². The minimum atomic E-state index is -4.46. The molecule has 5 heteroatoms. The van der Waals surface area contributed by atoms with Gasteiger partial charge in [0.25, 0.3) is 0 Å². The monoisotopic (exact) mass is 218 g/mol. The van der Waals surface area contributed by atoms with E-state index >= 15 is 0 Å². The second-order valence-electron chi connectivity index (χ2n) is 2.66. The summed E-state index contributed by atoms with van der Waals surface area (Å²) in [6.45, 7) is 0. The van der Waals surface area contributed by atoms with Gasteiger partial charge in [-0.15, -0.1) is 3.89 Å². The van der Waals surface area contributed by atoms with Gasteiger partial charge < -0.3 is 0 Å². The number of rotatable bonds is 3. The molecule has 0 bridgehead atoms. The average Bonchev–Trinajstić information content (AvgIpc) is 2.06. The Morgan fingerprint density at radius 3 is 2.29 bits per heavy atom. The van der Waals surface area contributed by atoms with Crippen LogP contribution in [0.4, 0.5) is 8.28 Å². The molecule has 0 saturated heterocycles. The van der Waals surface area contributed by atoms with Gasteiger partial charge in [0, 0.05) is 0 Å². The lowest BCUT2D eigenvalue weighted by atomic mass is 10.2. The van der Waals surface area contributed by atoms with Crippen LogP contribution in [0.25, 0.3) is 6.08 Å². The van der Waals surface area contributed by atoms with Crippen molar-refractivity contribution in [2.45, 2.75) is 0 Å². The van der Waals surface area contributed by atoms with Crippen LogP contribution in [0.3, 0.4) is 0 Å². The predicted molar refractivity (Wildman–Crippen MR) is 50.3 cm³/mol. The van der Waals surface area contributed by atoms with Crippen LogP contribution in [0.15, 0.2) is 30.3 Å². The summed E-state index contributed by atoms with van der Waals surface area (Å²) in [5.41, 5.74) is 0.620. The summed E-state index contributed by atoms with van der Waals surface area (Å²) in [5.74, 6) is -1.04. The minimum Gasteiger partial charge on any atom is -0.207 e. The molecule has 0 spiro atoms. The van der Waals surface area contributed by atoms with Gasteiger partial charge in [0.05, 0.1) is 5.75 Å². The molecule has 1 aromatic rings. The Morgan fingerprint density at radius 1 is 1.21 bits per heavy atom. The van der Waals surface area contributed by atoms with Crippen LogP contribution >= 0.6 is 0 Å². The third-order valence-electron chi connectivity index (χ3n) is 1.48. The van der Waals surface area contributed by atoms with Gasteiger partial charge in [-0.3, -0.25) is 0 Å². The van der Waals surface area contributed by atoms with Gasteiger partial charge in [0.1, 0.15) is 5.82 Å². The summed E-state index contributed by atoms with van der Waals surface area (Å²) in [4.78, 5) is 0. The highest BCUT2D eigenvalue weighted by atomic mass is 32.3. The van der Waals surface area contributed by atoms with E-state index in [2.05, 4.69) is 0 Å². The van der Waals surface area contributed by atoms with Crippen LogP contribution in [-0.4, -0.2) is 14.2 Å². The first kappa shape index (κ1) is 10.8. The van der Waals surface area contributed by atoms with Crippen molar-refractivity contribution >= 4 is 16.3 Å². The molecule has 1 aromatic carbocycles. The Bertz CT molecular complexity index is 421. The van der Waals surface area contributed by atoms with E-state index in [9.17, 15) is 16.7 Å². The van der Waals surface area contributed by atoms with Crippen LogP contribution in [0, 0.1) is 5.82 Å². The zero-order valence-corrected chi connectivity index (χ0v) is 7.97. The molecule has 0 fully saturated rings. The standard InChI is InChI=1S/C9H8F2O2S/c10-9-5-3-8(4-6-9)2-1-7-14(11,12)13/h1-6H,7H2/b2-1+. The lowest BCUT2D eigenvalue weighted by Crippen LogP contribution is -1.93. The van der Waals surface area contributed by atoms with Gasteiger partial charge >= 0.3 is 10.2 Å². The lowest BCUT2D eigenvalue weighted by molar-refractivity contribution is 0.555. The molecule has 0 unspecified atom stereocenters. The van der Waals surface area contributed by atoms with E-state index in [0.29, 0.717) is 5.56 Å². The van der Waals surface area contributed by atoms with E-state index in [1.807, 2.05) is 0 Å². The molecule has 0 heterocycles. The molecular weight excluding hydrogens is 210 g/mol. The van der Waals surface area contributed by atoms with Crippen molar-refractivity contribution in [3.63, 3.8) is 0 Å². The highest BCUT2D eigenvalue weighted by molar-refractivity contribution is 7.86. The Kier molecular flexibility index (Phi) is 3.35. The van der Waals surface area contributed by atoms with Crippen molar-refractivity contribution in [1.29, 1.82) is 0 Å². The summed E-state index contributed by atoms with van der Waals surface area (Å²) < 4.78 is 44.6. The second kappa shape index (κ2) is 4.32. The highest BCUT2D eigenvalue weighted by Crippen LogP contribution is 2.05. The smallest absolute Gasteiger partial charge is 0.207 e. The maximum atomic E-state index is 12.4. The molecule has 0 amide bonds. The first-order valence-corrected chi connectivity index (χ1v) is 5.37. The van der Waals surface area contributed by atoms with Crippen LogP contribution < -0.4 is 0 Å². The normalized spacial score (nSPS) is 12.1. The van der Waals surface area contributed by atoms with Gasteiger partial charge in [0.15, 0.2) is 0 Å². The van der Waals surface area contributed by atoms with Crippen molar-refractivity contribution in [1.82, 2.24) is 0 Å². The predicted octanol–water partition coefficient (Wildman–Crippen LogP) is 2.14. The Hall–Kier alpha value is -1.23. The maximum Gasteiger partial charge on any atom is 0.305 e. The third kappa shape index (κ3) is 4.13. The fraction of sp³-hybridized carbons (Fsp3) is 0.111. The van der Waals surface area contributed by atoms with E-state index < -0.39 is 16.0 Å². The summed E-state index contributed by atoms with van der Waals surface area (Å²) in [5, 5.41) is 0. The van der Waals surface area contributed by atoms with Gasteiger partial charge in [0.2, 0.25) is 0 Å². The highest BCUT2D eigenvalue weighted by Gasteiger charge is 2.01. The van der Waals surface area contributed by atoms with Crippen LogP contribution in [0.1, 0.15) is 5.56 Å². The first-order chi connectivity index (χ1) is 6.47. The molecule has 76 valence electrons. The van der Waals surface area contributed by atoms with Crippen LogP contribution in [-0.2, 0) is 10.2 Å². The quantitative estimate of drug-likeness (QED) is 0.728. The zero-order chi connectivity index (χ0) is 10.6. The molecular formula is C9H8F2O2S. The van der Waals surface area contributed by atoms with Gasteiger partial charge in [-0.1, -0.05) is 24.3 Å². The van der Waals surface area contributed by atoms with Gasteiger partial charge in [-0.05, 0) is 17.7 Å². The molecule has 0 atom stereocenters. The van der Waals surface area contributed by atoms with Gasteiger partial charge in [-0.2, -0.15) is 8.42 Å². The topological polar surface area (TPSA) is 34.1 Å². The van der Waals surface area contributed by atoms with E-state index in [4.69, 9.17) is 0 Å². The maximum absolute atomic E-state index is 12.4. The SMILES string of the molecule is O=S(=O)(F)C/C=C/c1ccc(F)cc1. The van der Waals surface area contributed by atoms with E-state index in [0.717, 1.165) is 0 Å².